The number of hydrogen-bond acceptors (Lipinski definition) is 4. The predicted octanol–water partition coefficient (Wildman–Crippen LogP) is 6.33. The fourth-order valence-corrected chi connectivity index (χ4v) is 4.70. The van der Waals surface area contributed by atoms with E-state index in [9.17, 15) is 9.59 Å². The molecule has 0 aliphatic heterocycles. The van der Waals surface area contributed by atoms with Crippen LogP contribution in [0.4, 0.5) is 5.69 Å². The molecule has 1 heterocycles. The van der Waals surface area contributed by atoms with Gasteiger partial charge in [-0.3, -0.25) is 9.59 Å². The van der Waals surface area contributed by atoms with Crippen LogP contribution in [-0.2, 0) is 0 Å². The molecule has 0 spiro atoms. The van der Waals surface area contributed by atoms with Crippen molar-refractivity contribution >= 4 is 72.7 Å². The summed E-state index contributed by atoms with van der Waals surface area (Å²) in [7, 11) is 0. The lowest BCUT2D eigenvalue weighted by Crippen LogP contribution is -2.17. The van der Waals surface area contributed by atoms with E-state index < -0.39 is 0 Å². The van der Waals surface area contributed by atoms with Crippen molar-refractivity contribution in [2.75, 3.05) is 5.32 Å². The zero-order valence-electron chi connectivity index (χ0n) is 15.9. The quantitative estimate of drug-likeness (QED) is 0.242. The number of hydrogen-bond donors (Lipinski definition) is 2. The first-order valence-corrected chi connectivity index (χ1v) is 11.2. The third kappa shape index (κ3) is 5.02. The Morgan fingerprint density at radius 1 is 0.968 bits per heavy atom. The molecule has 31 heavy (non-hydrogen) atoms. The van der Waals surface area contributed by atoms with E-state index >= 15 is 0 Å². The second-order valence-corrected chi connectivity index (χ2v) is 8.87. The van der Waals surface area contributed by atoms with E-state index in [0.717, 1.165) is 20.1 Å². The van der Waals surface area contributed by atoms with Gasteiger partial charge in [-0.2, -0.15) is 5.10 Å². The average molecular weight is 513 g/mol. The molecule has 0 saturated heterocycles. The van der Waals surface area contributed by atoms with Gasteiger partial charge in [-0.05, 0) is 48.0 Å². The van der Waals surface area contributed by atoms with Gasteiger partial charge in [0, 0.05) is 25.8 Å². The highest BCUT2D eigenvalue weighted by atomic mass is 79.9. The Hall–Kier alpha value is -3.00. The van der Waals surface area contributed by atoms with Crippen molar-refractivity contribution in [2.24, 2.45) is 5.10 Å². The van der Waals surface area contributed by atoms with Crippen LogP contribution in [0, 0.1) is 0 Å². The Labute approximate surface area is 195 Å². The number of fused-ring (bicyclic) bond motifs is 1. The minimum absolute atomic E-state index is 0.290. The molecule has 2 amide bonds. The minimum atomic E-state index is -0.350. The Morgan fingerprint density at radius 2 is 1.74 bits per heavy atom. The summed E-state index contributed by atoms with van der Waals surface area (Å²) >= 11 is 11.1. The number of carbonyl (C=O) groups is 2. The highest BCUT2D eigenvalue weighted by Crippen LogP contribution is 2.35. The number of carbonyl (C=O) groups excluding carboxylic acids is 2. The smallest absolute Gasteiger partial charge is 0.271 e. The minimum Gasteiger partial charge on any atom is -0.321 e. The summed E-state index contributed by atoms with van der Waals surface area (Å²) in [5, 5.41) is 8.09. The number of nitrogens with zero attached hydrogens (tertiary/aromatic N) is 1. The molecule has 154 valence electrons. The number of thiophene rings is 1. The molecule has 2 N–H and O–H groups in total. The Morgan fingerprint density at radius 3 is 2.48 bits per heavy atom. The zero-order chi connectivity index (χ0) is 21.8. The second-order valence-electron chi connectivity index (χ2n) is 6.53. The van der Waals surface area contributed by atoms with Gasteiger partial charge in [0.25, 0.3) is 11.8 Å². The lowest BCUT2D eigenvalue weighted by atomic mass is 10.2. The summed E-state index contributed by atoms with van der Waals surface area (Å²) < 4.78 is 1.88. The van der Waals surface area contributed by atoms with Gasteiger partial charge < -0.3 is 5.32 Å². The molecule has 0 aliphatic rings. The molecule has 0 bridgehead atoms. The SMILES string of the molecule is O=C(N/N=C\c1cccc(Br)c1)c1ccc(NC(=O)c2sc3ccccc3c2Cl)cc1. The summed E-state index contributed by atoms with van der Waals surface area (Å²) in [6.07, 6.45) is 1.56. The standard InChI is InChI=1S/C23H15BrClN3O2S/c24-16-5-3-4-14(12-16)13-26-28-22(29)15-8-10-17(11-9-15)27-23(30)21-20(25)18-6-1-2-7-19(18)31-21/h1-13H,(H,27,30)(H,28,29)/b26-13-. The van der Waals surface area contributed by atoms with E-state index in [-0.39, 0.29) is 11.8 Å². The molecular formula is C23H15BrClN3O2S. The average Bonchev–Trinajstić information content (AvgIpc) is 3.11. The van der Waals surface area contributed by atoms with Crippen LogP contribution in [0.25, 0.3) is 10.1 Å². The number of anilines is 1. The molecule has 0 fully saturated rings. The van der Waals surface area contributed by atoms with Crippen LogP contribution < -0.4 is 10.7 Å². The third-order valence-corrected chi connectivity index (χ3v) is 6.54. The third-order valence-electron chi connectivity index (χ3n) is 4.37. The fraction of sp³-hybridized carbons (Fsp3) is 0. The number of rotatable bonds is 5. The maximum atomic E-state index is 12.6. The first-order chi connectivity index (χ1) is 15.0. The highest BCUT2D eigenvalue weighted by molar-refractivity contribution is 9.10. The van der Waals surface area contributed by atoms with Crippen molar-refractivity contribution in [3.05, 3.63) is 98.3 Å². The molecular weight excluding hydrogens is 498 g/mol. The summed E-state index contributed by atoms with van der Waals surface area (Å²) in [6, 6.07) is 21.7. The van der Waals surface area contributed by atoms with Crippen molar-refractivity contribution in [3.63, 3.8) is 0 Å². The topological polar surface area (TPSA) is 70.6 Å². The largest absolute Gasteiger partial charge is 0.321 e. The summed E-state index contributed by atoms with van der Waals surface area (Å²) in [5.41, 5.74) is 4.33. The molecule has 5 nitrogen and oxygen atoms in total. The van der Waals surface area contributed by atoms with Crippen LogP contribution >= 0.6 is 38.9 Å². The zero-order valence-corrected chi connectivity index (χ0v) is 19.1. The van der Waals surface area contributed by atoms with Crippen LogP contribution in [-0.4, -0.2) is 18.0 Å². The molecule has 1 aromatic heterocycles. The maximum absolute atomic E-state index is 12.6. The van der Waals surface area contributed by atoms with Crippen LogP contribution in [0.2, 0.25) is 5.02 Å². The fourth-order valence-electron chi connectivity index (χ4n) is 2.87. The first kappa shape index (κ1) is 21.2. The molecule has 3 aromatic carbocycles. The van der Waals surface area contributed by atoms with Crippen LogP contribution in [0.3, 0.4) is 0 Å². The Bertz CT molecular complexity index is 1300. The van der Waals surface area contributed by atoms with Crippen LogP contribution in [0.5, 0.6) is 0 Å². The Balaban J connectivity index is 1.40. The van der Waals surface area contributed by atoms with Gasteiger partial charge >= 0.3 is 0 Å². The Kier molecular flexibility index (Phi) is 6.46. The van der Waals surface area contributed by atoms with Gasteiger partial charge in [0.1, 0.15) is 4.88 Å². The summed E-state index contributed by atoms with van der Waals surface area (Å²) in [6.45, 7) is 0. The number of hydrazone groups is 1. The molecule has 0 aliphatic carbocycles. The van der Waals surface area contributed by atoms with Crippen molar-refractivity contribution < 1.29 is 9.59 Å². The van der Waals surface area contributed by atoms with E-state index in [1.165, 1.54) is 11.3 Å². The van der Waals surface area contributed by atoms with E-state index in [1.54, 1.807) is 30.5 Å². The lowest BCUT2D eigenvalue weighted by molar-refractivity contribution is 0.0954. The molecule has 4 aromatic rings. The van der Waals surface area contributed by atoms with Gasteiger partial charge in [0.15, 0.2) is 0 Å². The van der Waals surface area contributed by atoms with E-state index in [1.807, 2.05) is 48.5 Å². The van der Waals surface area contributed by atoms with Gasteiger partial charge in [-0.25, -0.2) is 5.43 Å². The van der Waals surface area contributed by atoms with Gasteiger partial charge in [-0.15, -0.1) is 11.3 Å². The van der Waals surface area contributed by atoms with Crippen molar-refractivity contribution in [2.45, 2.75) is 0 Å². The predicted molar refractivity (Wildman–Crippen MR) is 130 cm³/mol. The highest BCUT2D eigenvalue weighted by Gasteiger charge is 2.17. The van der Waals surface area contributed by atoms with E-state index in [4.69, 9.17) is 11.6 Å². The van der Waals surface area contributed by atoms with Gasteiger partial charge in [-0.1, -0.05) is 57.9 Å². The monoisotopic (exact) mass is 511 g/mol. The van der Waals surface area contributed by atoms with Crippen LogP contribution in [0.15, 0.2) is 82.4 Å². The van der Waals surface area contributed by atoms with Gasteiger partial charge in [0.2, 0.25) is 0 Å². The molecule has 0 unspecified atom stereocenters. The first-order valence-electron chi connectivity index (χ1n) is 9.19. The molecule has 0 radical (unpaired) electrons. The molecule has 0 saturated carbocycles. The molecule has 0 atom stereocenters. The van der Waals surface area contributed by atoms with Crippen molar-refractivity contribution in [1.82, 2.24) is 5.43 Å². The summed E-state index contributed by atoms with van der Waals surface area (Å²) in [4.78, 5) is 25.4. The number of amides is 2. The maximum Gasteiger partial charge on any atom is 0.271 e. The molecule has 4 rings (SSSR count). The van der Waals surface area contributed by atoms with Crippen molar-refractivity contribution in [3.8, 4) is 0 Å². The van der Waals surface area contributed by atoms with E-state index in [2.05, 4.69) is 31.8 Å². The molecule has 8 heteroatoms. The van der Waals surface area contributed by atoms with Crippen LogP contribution in [0.1, 0.15) is 25.6 Å². The lowest BCUT2D eigenvalue weighted by Gasteiger charge is -2.05. The van der Waals surface area contributed by atoms with Crippen molar-refractivity contribution in [1.29, 1.82) is 0 Å². The second kappa shape index (κ2) is 9.43. The normalized spacial score (nSPS) is 11.0. The van der Waals surface area contributed by atoms with E-state index in [0.29, 0.717) is 21.2 Å². The summed E-state index contributed by atoms with van der Waals surface area (Å²) in [5.74, 6) is -0.640. The van der Waals surface area contributed by atoms with Gasteiger partial charge in [0.05, 0.1) is 11.2 Å². The number of nitrogens with one attached hydrogen (secondary N) is 2. The number of halogens is 2. The number of benzene rings is 3.